The molecule has 0 fully saturated rings. The predicted molar refractivity (Wildman–Crippen MR) is 75.4 cm³/mol. The number of pyridine rings is 1. The van der Waals surface area contributed by atoms with Gasteiger partial charge in [-0.15, -0.1) is 0 Å². The van der Waals surface area contributed by atoms with E-state index in [0.29, 0.717) is 24.2 Å². The van der Waals surface area contributed by atoms with Crippen molar-refractivity contribution in [2.45, 2.75) is 6.92 Å². The van der Waals surface area contributed by atoms with Gasteiger partial charge in [-0.3, -0.25) is 4.98 Å². The topological polar surface area (TPSA) is 90.6 Å². The molecule has 0 aromatic carbocycles. The lowest BCUT2D eigenvalue weighted by Crippen LogP contribution is -2.10. The Balaban J connectivity index is 1.95. The van der Waals surface area contributed by atoms with Gasteiger partial charge >= 0.3 is 6.01 Å². The summed E-state index contributed by atoms with van der Waals surface area (Å²) in [6, 6.07) is 5.52. The van der Waals surface area contributed by atoms with Gasteiger partial charge in [0, 0.05) is 25.1 Å². The molecular weight excluding hydrogens is 270 g/mol. The van der Waals surface area contributed by atoms with E-state index in [1.54, 1.807) is 47.7 Å². The third kappa shape index (κ3) is 3.11. The van der Waals surface area contributed by atoms with E-state index in [1.807, 2.05) is 6.92 Å². The number of rotatable bonds is 5. The van der Waals surface area contributed by atoms with E-state index < -0.39 is 0 Å². The molecule has 0 aliphatic carbocycles. The first-order chi connectivity index (χ1) is 10.3. The summed E-state index contributed by atoms with van der Waals surface area (Å²) < 4.78 is 7.14. The van der Waals surface area contributed by atoms with Gasteiger partial charge in [-0.1, -0.05) is 0 Å². The zero-order valence-corrected chi connectivity index (χ0v) is 11.3. The van der Waals surface area contributed by atoms with Crippen LogP contribution in [0, 0.1) is 0 Å². The summed E-state index contributed by atoms with van der Waals surface area (Å²) in [7, 11) is 0. The van der Waals surface area contributed by atoms with Crippen molar-refractivity contribution in [3.05, 3.63) is 43.0 Å². The van der Waals surface area contributed by atoms with Gasteiger partial charge in [-0.2, -0.15) is 20.1 Å². The second-order valence-electron chi connectivity index (χ2n) is 4.01. The Kier molecular flexibility index (Phi) is 3.68. The highest BCUT2D eigenvalue weighted by Crippen LogP contribution is 2.18. The molecule has 0 atom stereocenters. The second-order valence-corrected chi connectivity index (χ2v) is 4.01. The fourth-order valence-corrected chi connectivity index (χ4v) is 1.63. The van der Waals surface area contributed by atoms with Gasteiger partial charge < -0.3 is 10.1 Å². The van der Waals surface area contributed by atoms with Crippen LogP contribution in [0.3, 0.4) is 0 Å². The van der Waals surface area contributed by atoms with E-state index in [2.05, 4.69) is 30.4 Å². The molecule has 0 saturated heterocycles. The summed E-state index contributed by atoms with van der Waals surface area (Å²) in [5.41, 5.74) is 0. The number of anilines is 1. The smallest absolute Gasteiger partial charge is 0.328 e. The van der Waals surface area contributed by atoms with Crippen LogP contribution in [-0.2, 0) is 0 Å². The monoisotopic (exact) mass is 283 g/mol. The van der Waals surface area contributed by atoms with Crippen LogP contribution in [0.25, 0.3) is 5.95 Å². The largest absolute Gasteiger partial charge is 0.422 e. The Morgan fingerprint density at radius 3 is 2.86 bits per heavy atom. The first-order valence-corrected chi connectivity index (χ1v) is 6.43. The lowest BCUT2D eigenvalue weighted by molar-refractivity contribution is 0.436. The summed E-state index contributed by atoms with van der Waals surface area (Å²) in [6.45, 7) is 2.65. The zero-order chi connectivity index (χ0) is 14.5. The van der Waals surface area contributed by atoms with Crippen molar-refractivity contribution in [3.63, 3.8) is 0 Å². The summed E-state index contributed by atoms with van der Waals surface area (Å²) in [5.74, 6) is 1.36. The van der Waals surface area contributed by atoms with E-state index in [-0.39, 0.29) is 6.01 Å². The molecule has 0 amide bonds. The molecule has 0 radical (unpaired) electrons. The number of hydrogen-bond acceptors (Lipinski definition) is 7. The molecule has 0 saturated carbocycles. The van der Waals surface area contributed by atoms with Gasteiger partial charge in [0.15, 0.2) is 0 Å². The molecule has 21 heavy (non-hydrogen) atoms. The molecule has 8 heteroatoms. The summed E-state index contributed by atoms with van der Waals surface area (Å²) in [6.07, 6.45) is 6.65. The van der Waals surface area contributed by atoms with Gasteiger partial charge in [0.05, 0.1) is 6.20 Å². The average Bonchev–Trinajstić information content (AvgIpc) is 3.03. The fraction of sp³-hybridized carbons (Fsp3) is 0.154. The molecule has 1 N–H and O–H groups in total. The molecule has 0 unspecified atom stereocenters. The van der Waals surface area contributed by atoms with Crippen LogP contribution < -0.4 is 10.1 Å². The van der Waals surface area contributed by atoms with Crippen LogP contribution in [0.1, 0.15) is 6.92 Å². The Morgan fingerprint density at radius 2 is 2.14 bits per heavy atom. The molecular formula is C13H13N7O. The highest BCUT2D eigenvalue weighted by molar-refractivity contribution is 5.31. The minimum Gasteiger partial charge on any atom is -0.422 e. The van der Waals surface area contributed by atoms with Gasteiger partial charge in [0.1, 0.15) is 5.75 Å². The van der Waals surface area contributed by atoms with Crippen molar-refractivity contribution in [3.8, 4) is 17.7 Å². The highest BCUT2D eigenvalue weighted by atomic mass is 16.5. The Bertz CT molecular complexity index is 700. The van der Waals surface area contributed by atoms with Gasteiger partial charge in [-0.05, 0) is 25.1 Å². The van der Waals surface area contributed by atoms with Crippen molar-refractivity contribution < 1.29 is 4.74 Å². The Hall–Kier alpha value is -3.03. The van der Waals surface area contributed by atoms with Gasteiger partial charge in [0.25, 0.3) is 5.95 Å². The maximum Gasteiger partial charge on any atom is 0.328 e. The van der Waals surface area contributed by atoms with Crippen LogP contribution in [-0.4, -0.2) is 36.3 Å². The predicted octanol–water partition coefficient (Wildman–Crippen LogP) is 1.68. The minimum atomic E-state index is 0.180. The molecule has 0 aliphatic heterocycles. The number of hydrogen-bond donors (Lipinski definition) is 1. The molecule has 3 rings (SSSR count). The normalized spacial score (nSPS) is 10.3. The Labute approximate surface area is 120 Å². The minimum absolute atomic E-state index is 0.180. The van der Waals surface area contributed by atoms with Crippen LogP contribution in [0.2, 0.25) is 0 Å². The van der Waals surface area contributed by atoms with E-state index in [4.69, 9.17) is 4.74 Å². The van der Waals surface area contributed by atoms with Crippen molar-refractivity contribution in [2.75, 3.05) is 11.9 Å². The van der Waals surface area contributed by atoms with Gasteiger partial charge in [-0.25, -0.2) is 4.68 Å². The molecule has 8 nitrogen and oxygen atoms in total. The number of ether oxygens (including phenoxy) is 1. The summed E-state index contributed by atoms with van der Waals surface area (Å²) in [4.78, 5) is 16.7. The molecule has 106 valence electrons. The first kappa shape index (κ1) is 13.0. The number of nitrogens with one attached hydrogen (secondary N) is 1. The molecule has 3 heterocycles. The Morgan fingerprint density at radius 1 is 1.19 bits per heavy atom. The van der Waals surface area contributed by atoms with E-state index in [1.165, 1.54) is 0 Å². The first-order valence-electron chi connectivity index (χ1n) is 6.43. The molecule has 3 aromatic heterocycles. The van der Waals surface area contributed by atoms with Crippen molar-refractivity contribution in [1.82, 2.24) is 29.7 Å². The summed E-state index contributed by atoms with van der Waals surface area (Å²) in [5, 5.41) is 7.14. The zero-order valence-electron chi connectivity index (χ0n) is 11.3. The maximum absolute atomic E-state index is 5.60. The third-order valence-electron chi connectivity index (χ3n) is 2.49. The van der Waals surface area contributed by atoms with Crippen LogP contribution in [0.4, 0.5) is 5.95 Å². The van der Waals surface area contributed by atoms with Crippen LogP contribution in [0.5, 0.6) is 11.8 Å². The fourth-order valence-electron chi connectivity index (χ4n) is 1.63. The van der Waals surface area contributed by atoms with E-state index in [9.17, 15) is 0 Å². The van der Waals surface area contributed by atoms with Crippen molar-refractivity contribution >= 4 is 5.95 Å². The lowest BCUT2D eigenvalue weighted by atomic mass is 10.5. The van der Waals surface area contributed by atoms with Crippen LogP contribution >= 0.6 is 0 Å². The lowest BCUT2D eigenvalue weighted by Gasteiger charge is -2.08. The quantitative estimate of drug-likeness (QED) is 0.761. The van der Waals surface area contributed by atoms with Crippen molar-refractivity contribution in [1.29, 1.82) is 0 Å². The third-order valence-corrected chi connectivity index (χ3v) is 2.49. The van der Waals surface area contributed by atoms with E-state index in [0.717, 1.165) is 0 Å². The van der Waals surface area contributed by atoms with E-state index >= 15 is 0 Å². The van der Waals surface area contributed by atoms with Gasteiger partial charge in [0.2, 0.25) is 5.95 Å². The molecule has 3 aromatic rings. The maximum atomic E-state index is 5.60. The van der Waals surface area contributed by atoms with Crippen molar-refractivity contribution in [2.24, 2.45) is 0 Å². The highest BCUT2D eigenvalue weighted by Gasteiger charge is 2.10. The second kappa shape index (κ2) is 5.95. The number of nitrogens with zero attached hydrogens (tertiary/aromatic N) is 6. The van der Waals surface area contributed by atoms with Crippen LogP contribution in [0.15, 0.2) is 43.0 Å². The number of aromatic nitrogens is 6. The molecule has 0 aliphatic rings. The molecule has 0 spiro atoms. The average molecular weight is 283 g/mol. The summed E-state index contributed by atoms with van der Waals surface area (Å²) >= 11 is 0. The molecule has 0 bridgehead atoms. The standard InChI is InChI=1S/C13H13N7O/c1-2-15-11-17-12(20-8-4-7-16-20)19-13(18-11)21-10-5-3-6-14-9-10/h3-9H,2H2,1H3,(H,15,17,18,19). The SMILES string of the molecule is CCNc1nc(Oc2cccnc2)nc(-n2cccn2)n1.